The number of anilines is 1. The number of urea groups is 1. The van der Waals surface area contributed by atoms with Gasteiger partial charge in [-0.3, -0.25) is 0 Å². The predicted octanol–water partition coefficient (Wildman–Crippen LogP) is 3.45. The number of halogens is 1. The maximum absolute atomic E-state index is 12.5. The molecule has 2 aromatic rings. The lowest BCUT2D eigenvalue weighted by Gasteiger charge is -2.13. The highest BCUT2D eigenvalue weighted by atomic mass is 35.5. The number of carbonyl (C=O) groups excluding carboxylic acids is 1. The van der Waals surface area contributed by atoms with Gasteiger partial charge in [0, 0.05) is 19.8 Å². The van der Waals surface area contributed by atoms with E-state index < -0.39 is 9.84 Å². The van der Waals surface area contributed by atoms with Gasteiger partial charge >= 0.3 is 6.03 Å². The molecule has 0 unspecified atom stereocenters. The largest absolute Gasteiger partial charge is 0.331 e. The highest BCUT2D eigenvalue weighted by Gasteiger charge is 2.19. The van der Waals surface area contributed by atoms with Gasteiger partial charge in [0.25, 0.3) is 0 Å². The molecule has 0 atom stereocenters. The summed E-state index contributed by atoms with van der Waals surface area (Å²) in [6.45, 7) is 0. The smallest absolute Gasteiger partial charge is 0.321 e. The van der Waals surface area contributed by atoms with E-state index in [0.717, 1.165) is 5.56 Å². The Kier molecular flexibility index (Phi) is 5.85. The third-order valence-corrected chi connectivity index (χ3v) is 5.62. The van der Waals surface area contributed by atoms with E-state index in [1.54, 1.807) is 14.1 Å². The summed E-state index contributed by atoms with van der Waals surface area (Å²) in [6, 6.07) is 13.5. The molecule has 5 nitrogen and oxygen atoms in total. The van der Waals surface area contributed by atoms with Gasteiger partial charge in [-0.05, 0) is 30.2 Å². The van der Waals surface area contributed by atoms with Gasteiger partial charge in [-0.15, -0.1) is 0 Å². The van der Waals surface area contributed by atoms with Crippen molar-refractivity contribution < 1.29 is 13.2 Å². The van der Waals surface area contributed by atoms with Crippen molar-refractivity contribution in [3.63, 3.8) is 0 Å². The molecule has 0 bridgehead atoms. The van der Waals surface area contributed by atoms with Crippen LogP contribution in [0.15, 0.2) is 53.4 Å². The Morgan fingerprint density at radius 2 is 1.79 bits per heavy atom. The normalized spacial score (nSPS) is 11.1. The first-order valence-electron chi connectivity index (χ1n) is 7.34. The summed E-state index contributed by atoms with van der Waals surface area (Å²) in [4.78, 5) is 13.1. The van der Waals surface area contributed by atoms with Gasteiger partial charge in [-0.25, -0.2) is 13.2 Å². The number of rotatable bonds is 5. The van der Waals surface area contributed by atoms with E-state index in [4.69, 9.17) is 11.6 Å². The van der Waals surface area contributed by atoms with Gasteiger partial charge in [0.15, 0.2) is 9.84 Å². The predicted molar refractivity (Wildman–Crippen MR) is 96.4 cm³/mol. The van der Waals surface area contributed by atoms with Crippen LogP contribution in [0.3, 0.4) is 0 Å². The highest BCUT2D eigenvalue weighted by molar-refractivity contribution is 7.91. The van der Waals surface area contributed by atoms with Gasteiger partial charge < -0.3 is 10.2 Å². The summed E-state index contributed by atoms with van der Waals surface area (Å²) >= 11 is 6.11. The Hall–Kier alpha value is -2.05. The first-order chi connectivity index (χ1) is 11.3. The summed E-state index contributed by atoms with van der Waals surface area (Å²) < 4.78 is 25.0. The second-order valence-corrected chi connectivity index (χ2v) is 8.01. The van der Waals surface area contributed by atoms with E-state index in [1.165, 1.54) is 23.1 Å². The lowest BCUT2D eigenvalue weighted by atomic mass is 10.2. The minimum Gasteiger partial charge on any atom is -0.331 e. The van der Waals surface area contributed by atoms with E-state index in [0.29, 0.717) is 12.1 Å². The molecule has 0 heterocycles. The summed E-state index contributed by atoms with van der Waals surface area (Å²) in [6.07, 6.45) is 0.415. The van der Waals surface area contributed by atoms with Crippen molar-refractivity contribution in [2.24, 2.45) is 0 Å². The molecule has 0 aliphatic carbocycles. The van der Waals surface area contributed by atoms with Crippen molar-refractivity contribution in [1.29, 1.82) is 0 Å². The van der Waals surface area contributed by atoms with Crippen LogP contribution in [0.5, 0.6) is 0 Å². The number of carbonyl (C=O) groups is 1. The Morgan fingerprint density at radius 1 is 1.12 bits per heavy atom. The van der Waals surface area contributed by atoms with Crippen LogP contribution in [0.2, 0.25) is 5.02 Å². The summed E-state index contributed by atoms with van der Waals surface area (Å²) in [7, 11) is -0.285. The topological polar surface area (TPSA) is 66.5 Å². The standard InChI is InChI=1S/C17H19ClN2O3S/c1-20(2)17(21)19-14-8-9-16(15(18)12-14)24(22,23)11-10-13-6-4-3-5-7-13/h3-9,12H,10-11H2,1-2H3,(H,19,21). The highest BCUT2D eigenvalue weighted by Crippen LogP contribution is 2.26. The van der Waals surface area contributed by atoms with Crippen LogP contribution in [0, 0.1) is 0 Å². The first-order valence-corrected chi connectivity index (χ1v) is 9.37. The second kappa shape index (κ2) is 7.68. The summed E-state index contributed by atoms with van der Waals surface area (Å²) in [5.41, 5.74) is 1.40. The second-order valence-electron chi connectivity index (χ2n) is 5.52. The number of benzene rings is 2. The molecule has 0 saturated carbocycles. The number of hydrogen-bond acceptors (Lipinski definition) is 3. The molecule has 2 aromatic carbocycles. The quantitative estimate of drug-likeness (QED) is 0.881. The number of aryl methyl sites for hydroxylation is 1. The molecule has 128 valence electrons. The summed E-state index contributed by atoms with van der Waals surface area (Å²) in [5.74, 6) is -0.0276. The zero-order chi connectivity index (χ0) is 17.7. The molecular weight excluding hydrogens is 348 g/mol. The zero-order valence-electron chi connectivity index (χ0n) is 13.5. The van der Waals surface area contributed by atoms with Crippen LogP contribution >= 0.6 is 11.6 Å². The molecule has 7 heteroatoms. The van der Waals surface area contributed by atoms with Gasteiger partial charge in [-0.1, -0.05) is 41.9 Å². The molecule has 2 amide bonds. The molecule has 0 saturated heterocycles. The van der Waals surface area contributed by atoms with Crippen molar-refractivity contribution in [2.45, 2.75) is 11.3 Å². The van der Waals surface area contributed by atoms with Gasteiger partial charge in [0.1, 0.15) is 0 Å². The minimum atomic E-state index is -3.51. The van der Waals surface area contributed by atoms with Crippen LogP contribution in [0.4, 0.5) is 10.5 Å². The molecular formula is C17H19ClN2O3S. The van der Waals surface area contributed by atoms with Crippen molar-refractivity contribution in [3.05, 3.63) is 59.1 Å². The van der Waals surface area contributed by atoms with Crippen LogP contribution in [-0.2, 0) is 16.3 Å². The van der Waals surface area contributed by atoms with E-state index >= 15 is 0 Å². The first kappa shape index (κ1) is 18.3. The fourth-order valence-electron chi connectivity index (χ4n) is 2.07. The van der Waals surface area contributed by atoms with E-state index in [2.05, 4.69) is 5.32 Å². The SMILES string of the molecule is CN(C)C(=O)Nc1ccc(S(=O)(=O)CCc2ccccc2)c(Cl)c1. The molecule has 1 N–H and O–H groups in total. The van der Waals surface area contributed by atoms with E-state index in [9.17, 15) is 13.2 Å². The van der Waals surface area contributed by atoms with Crippen LogP contribution in [0.1, 0.15) is 5.56 Å². The van der Waals surface area contributed by atoms with Gasteiger partial charge in [0.05, 0.1) is 15.7 Å². The molecule has 24 heavy (non-hydrogen) atoms. The van der Waals surface area contributed by atoms with E-state index in [-0.39, 0.29) is 21.7 Å². The van der Waals surface area contributed by atoms with E-state index in [1.807, 2.05) is 30.3 Å². The van der Waals surface area contributed by atoms with Crippen LogP contribution < -0.4 is 5.32 Å². The number of amides is 2. The molecule has 0 spiro atoms. The monoisotopic (exact) mass is 366 g/mol. The Labute approximate surface area is 147 Å². The number of sulfone groups is 1. The van der Waals surface area contributed by atoms with Crippen molar-refractivity contribution in [2.75, 3.05) is 25.2 Å². The summed E-state index contributed by atoms with van der Waals surface area (Å²) in [5, 5.41) is 2.72. The van der Waals surface area contributed by atoms with Crippen LogP contribution in [0.25, 0.3) is 0 Å². The maximum atomic E-state index is 12.5. The Morgan fingerprint density at radius 3 is 2.38 bits per heavy atom. The third kappa shape index (κ3) is 4.72. The Bertz CT molecular complexity index is 821. The fourth-order valence-corrected chi connectivity index (χ4v) is 3.96. The van der Waals surface area contributed by atoms with Crippen molar-refractivity contribution in [3.8, 4) is 0 Å². The minimum absolute atomic E-state index is 0.0276. The molecule has 0 fully saturated rings. The lowest BCUT2D eigenvalue weighted by Crippen LogP contribution is -2.27. The number of nitrogens with zero attached hydrogens (tertiary/aromatic N) is 1. The molecule has 0 radical (unpaired) electrons. The van der Waals surface area contributed by atoms with Crippen molar-refractivity contribution >= 4 is 33.2 Å². The average molecular weight is 367 g/mol. The molecule has 0 aromatic heterocycles. The van der Waals surface area contributed by atoms with Crippen molar-refractivity contribution in [1.82, 2.24) is 4.90 Å². The zero-order valence-corrected chi connectivity index (χ0v) is 15.1. The van der Waals surface area contributed by atoms with Gasteiger partial charge in [0.2, 0.25) is 0 Å². The number of nitrogens with one attached hydrogen (secondary N) is 1. The van der Waals surface area contributed by atoms with Crippen LogP contribution in [-0.4, -0.2) is 39.2 Å². The maximum Gasteiger partial charge on any atom is 0.321 e. The molecule has 0 aliphatic heterocycles. The van der Waals surface area contributed by atoms with Gasteiger partial charge in [-0.2, -0.15) is 0 Å². The average Bonchev–Trinajstić information content (AvgIpc) is 2.53. The fraction of sp³-hybridized carbons (Fsp3) is 0.235. The Balaban J connectivity index is 2.14. The molecule has 2 rings (SSSR count). The molecule has 0 aliphatic rings. The number of hydrogen-bond donors (Lipinski definition) is 1. The lowest BCUT2D eigenvalue weighted by molar-refractivity contribution is 0.230. The third-order valence-electron chi connectivity index (χ3n) is 3.43.